The molecule has 7 heteroatoms. The fraction of sp³-hybridized carbons (Fsp3) is 0.250. The highest BCUT2D eigenvalue weighted by Crippen LogP contribution is 2.35. The van der Waals surface area contributed by atoms with Crippen molar-refractivity contribution in [3.63, 3.8) is 0 Å². The Bertz CT molecular complexity index is 1190. The second-order valence-corrected chi connectivity index (χ2v) is 8.59. The molecule has 3 aromatic rings. The molecule has 0 bridgehead atoms. The van der Waals surface area contributed by atoms with Gasteiger partial charge >= 0.3 is 6.09 Å². The van der Waals surface area contributed by atoms with Gasteiger partial charge in [-0.2, -0.15) is 0 Å². The van der Waals surface area contributed by atoms with E-state index in [4.69, 9.17) is 4.74 Å². The van der Waals surface area contributed by atoms with E-state index in [0.717, 1.165) is 16.7 Å². The molecule has 1 heterocycles. The first kappa shape index (κ1) is 24.0. The number of carbonyl (C=O) groups excluding carboxylic acids is 3. The molecule has 4 rings (SSSR count). The van der Waals surface area contributed by atoms with Crippen LogP contribution in [0.5, 0.6) is 0 Å². The zero-order valence-corrected chi connectivity index (χ0v) is 19.9. The Morgan fingerprint density at radius 1 is 0.943 bits per heavy atom. The van der Waals surface area contributed by atoms with E-state index in [-0.39, 0.29) is 24.8 Å². The predicted octanol–water partition coefficient (Wildman–Crippen LogP) is 4.37. The van der Waals surface area contributed by atoms with Gasteiger partial charge in [-0.15, -0.1) is 0 Å². The Kier molecular flexibility index (Phi) is 7.45. The molecule has 0 aromatic heterocycles. The molecule has 35 heavy (non-hydrogen) atoms. The van der Waals surface area contributed by atoms with Crippen molar-refractivity contribution < 1.29 is 19.1 Å². The van der Waals surface area contributed by atoms with Gasteiger partial charge in [-0.3, -0.25) is 14.5 Å². The van der Waals surface area contributed by atoms with E-state index in [1.165, 1.54) is 4.90 Å². The fourth-order valence-corrected chi connectivity index (χ4v) is 4.16. The Hall–Kier alpha value is -4.13. The van der Waals surface area contributed by atoms with Gasteiger partial charge in [0.15, 0.2) is 12.1 Å². The Balaban J connectivity index is 1.55. The Morgan fingerprint density at radius 3 is 2.40 bits per heavy atom. The molecule has 0 radical (unpaired) electrons. The van der Waals surface area contributed by atoms with Crippen LogP contribution in [0, 0.1) is 6.92 Å². The summed E-state index contributed by atoms with van der Waals surface area (Å²) in [5.74, 6) is -0.438. The average Bonchev–Trinajstić information content (AvgIpc) is 3.17. The van der Waals surface area contributed by atoms with Crippen LogP contribution in [0.4, 0.5) is 10.5 Å². The van der Waals surface area contributed by atoms with Gasteiger partial charge in [0.2, 0.25) is 11.8 Å². The van der Waals surface area contributed by atoms with Crippen LogP contribution in [0.3, 0.4) is 0 Å². The number of amides is 3. The number of nitrogens with zero attached hydrogens (tertiary/aromatic N) is 1. The number of benzene rings is 3. The second-order valence-electron chi connectivity index (χ2n) is 8.59. The standard InChI is InChI=1S/C28H29N3O4/c1-3-29-27(33)25-26(35-28(34)31(25)18-21-14-12-19(2)13-15-21)22-10-7-11-23(17-22)30-24(32)16-20-8-5-4-6-9-20/h4-15,17,25-26H,3,16,18H2,1-2H3,(H,29,33)(H,30,32)/t25-,26+/m1/s1. The lowest BCUT2D eigenvalue weighted by Crippen LogP contribution is -2.46. The molecule has 0 unspecified atom stereocenters. The highest BCUT2D eigenvalue weighted by atomic mass is 16.6. The molecule has 0 spiro atoms. The zero-order chi connectivity index (χ0) is 24.8. The molecule has 0 saturated carbocycles. The monoisotopic (exact) mass is 471 g/mol. The van der Waals surface area contributed by atoms with Crippen LogP contribution < -0.4 is 10.6 Å². The van der Waals surface area contributed by atoms with Gasteiger partial charge in [-0.1, -0.05) is 72.3 Å². The van der Waals surface area contributed by atoms with Crippen molar-refractivity contribution >= 4 is 23.6 Å². The summed E-state index contributed by atoms with van der Waals surface area (Å²) in [5, 5.41) is 5.72. The maximum Gasteiger partial charge on any atom is 0.411 e. The summed E-state index contributed by atoms with van der Waals surface area (Å²) in [6, 6.07) is 23.6. The minimum atomic E-state index is -0.834. The molecule has 1 aliphatic rings. The van der Waals surface area contributed by atoms with Gasteiger partial charge in [-0.05, 0) is 42.7 Å². The number of likely N-dealkylation sites (N-methyl/N-ethyl adjacent to an activating group) is 1. The van der Waals surface area contributed by atoms with Crippen molar-refractivity contribution in [2.75, 3.05) is 11.9 Å². The number of anilines is 1. The smallest absolute Gasteiger partial charge is 0.411 e. The first-order chi connectivity index (χ1) is 16.9. The van der Waals surface area contributed by atoms with Gasteiger partial charge in [0, 0.05) is 12.2 Å². The maximum atomic E-state index is 13.0. The number of hydrogen-bond acceptors (Lipinski definition) is 4. The molecule has 180 valence electrons. The number of carbonyl (C=O) groups is 3. The van der Waals surface area contributed by atoms with Crippen LogP contribution in [-0.2, 0) is 27.3 Å². The van der Waals surface area contributed by atoms with Gasteiger partial charge in [0.25, 0.3) is 0 Å². The summed E-state index contributed by atoms with van der Waals surface area (Å²) in [6.07, 6.45) is -1.11. The minimum Gasteiger partial charge on any atom is -0.438 e. The van der Waals surface area contributed by atoms with Gasteiger partial charge in [0.05, 0.1) is 13.0 Å². The first-order valence-corrected chi connectivity index (χ1v) is 11.7. The van der Waals surface area contributed by atoms with Crippen LogP contribution in [0.2, 0.25) is 0 Å². The minimum absolute atomic E-state index is 0.155. The molecule has 2 N–H and O–H groups in total. The van der Waals surface area contributed by atoms with Crippen molar-refractivity contribution in [1.29, 1.82) is 0 Å². The van der Waals surface area contributed by atoms with Crippen LogP contribution in [0.15, 0.2) is 78.9 Å². The van der Waals surface area contributed by atoms with E-state index < -0.39 is 18.2 Å². The van der Waals surface area contributed by atoms with Crippen molar-refractivity contribution in [2.45, 2.75) is 39.0 Å². The summed E-state index contributed by atoms with van der Waals surface area (Å²) in [4.78, 5) is 39.9. The number of aryl methyl sites for hydroxylation is 1. The van der Waals surface area contributed by atoms with E-state index in [9.17, 15) is 14.4 Å². The van der Waals surface area contributed by atoms with Crippen LogP contribution >= 0.6 is 0 Å². The SMILES string of the molecule is CCNC(=O)[C@H]1[C@H](c2cccc(NC(=O)Cc3ccccc3)c2)OC(=O)N1Cc1ccc(C)cc1. The van der Waals surface area contributed by atoms with E-state index in [1.54, 1.807) is 24.3 Å². The van der Waals surface area contributed by atoms with Crippen LogP contribution in [0.25, 0.3) is 0 Å². The quantitative estimate of drug-likeness (QED) is 0.511. The molecule has 1 fully saturated rings. The number of hydrogen-bond donors (Lipinski definition) is 2. The molecule has 3 aromatic carbocycles. The summed E-state index contributed by atoms with van der Waals surface area (Å²) < 4.78 is 5.71. The predicted molar refractivity (Wildman–Crippen MR) is 134 cm³/mol. The molecule has 1 saturated heterocycles. The van der Waals surface area contributed by atoms with Gasteiger partial charge in [0.1, 0.15) is 0 Å². The second kappa shape index (κ2) is 10.9. The summed E-state index contributed by atoms with van der Waals surface area (Å²) >= 11 is 0. The number of cyclic esters (lactones) is 1. The third-order valence-corrected chi connectivity index (χ3v) is 5.88. The number of ether oxygens (including phenoxy) is 1. The number of nitrogens with one attached hydrogen (secondary N) is 2. The van der Waals surface area contributed by atoms with E-state index in [1.807, 2.05) is 68.4 Å². The maximum absolute atomic E-state index is 13.0. The molecule has 7 nitrogen and oxygen atoms in total. The summed E-state index contributed by atoms with van der Waals surface area (Å²) in [7, 11) is 0. The largest absolute Gasteiger partial charge is 0.438 e. The molecule has 3 amide bonds. The molecule has 0 aliphatic carbocycles. The third kappa shape index (κ3) is 5.87. The van der Waals surface area contributed by atoms with Crippen molar-refractivity contribution in [1.82, 2.24) is 10.2 Å². The highest BCUT2D eigenvalue weighted by Gasteiger charge is 2.46. The molecular formula is C28H29N3O4. The summed E-state index contributed by atoms with van der Waals surface area (Å²) in [5.41, 5.74) is 4.14. The lowest BCUT2D eigenvalue weighted by atomic mass is 10.00. The van der Waals surface area contributed by atoms with Gasteiger partial charge < -0.3 is 15.4 Å². The van der Waals surface area contributed by atoms with Crippen molar-refractivity contribution in [3.8, 4) is 0 Å². The normalized spacial score (nSPS) is 17.1. The molecule has 1 aliphatic heterocycles. The van der Waals surface area contributed by atoms with Crippen LogP contribution in [0.1, 0.15) is 35.3 Å². The lowest BCUT2D eigenvalue weighted by Gasteiger charge is -2.24. The molecular weight excluding hydrogens is 442 g/mol. The first-order valence-electron chi connectivity index (χ1n) is 11.7. The Labute approximate surface area is 205 Å². The van der Waals surface area contributed by atoms with Crippen molar-refractivity contribution in [3.05, 3.63) is 101 Å². The highest BCUT2D eigenvalue weighted by molar-refractivity contribution is 5.92. The van der Waals surface area contributed by atoms with E-state index >= 15 is 0 Å². The zero-order valence-electron chi connectivity index (χ0n) is 19.9. The fourth-order valence-electron chi connectivity index (χ4n) is 4.16. The third-order valence-electron chi connectivity index (χ3n) is 5.88. The Morgan fingerprint density at radius 2 is 1.69 bits per heavy atom. The molecule has 2 atom stereocenters. The van der Waals surface area contributed by atoms with E-state index in [0.29, 0.717) is 17.8 Å². The van der Waals surface area contributed by atoms with Crippen LogP contribution in [-0.4, -0.2) is 35.4 Å². The topological polar surface area (TPSA) is 87.7 Å². The lowest BCUT2D eigenvalue weighted by molar-refractivity contribution is -0.126. The summed E-state index contributed by atoms with van der Waals surface area (Å²) in [6.45, 7) is 4.51. The van der Waals surface area contributed by atoms with Crippen molar-refractivity contribution in [2.24, 2.45) is 0 Å². The average molecular weight is 472 g/mol. The van der Waals surface area contributed by atoms with Gasteiger partial charge in [-0.25, -0.2) is 4.79 Å². The van der Waals surface area contributed by atoms with E-state index in [2.05, 4.69) is 10.6 Å². The number of rotatable bonds is 8.